The summed E-state index contributed by atoms with van der Waals surface area (Å²) < 4.78 is 16.2. The number of ketones is 1. The molecule has 3 aromatic rings. The van der Waals surface area contributed by atoms with Crippen LogP contribution in [0.3, 0.4) is 0 Å². The first-order chi connectivity index (χ1) is 15.3. The lowest BCUT2D eigenvalue weighted by molar-refractivity contribution is 0.0981. The first-order valence-electron chi connectivity index (χ1n) is 11.6. The SMILES string of the molecule is CCCC(=O)c1ccc(Cn2ccc3c(N4CCN(CC(C)(C)F)CC4)ccnc32)cc1. The molecule has 4 rings (SSSR count). The van der Waals surface area contributed by atoms with E-state index in [9.17, 15) is 9.18 Å². The van der Waals surface area contributed by atoms with Gasteiger partial charge in [0.2, 0.25) is 0 Å². The smallest absolute Gasteiger partial charge is 0.162 e. The van der Waals surface area contributed by atoms with Crippen molar-refractivity contribution in [3.8, 4) is 0 Å². The Kier molecular flexibility index (Phi) is 6.60. The first-order valence-corrected chi connectivity index (χ1v) is 11.6. The zero-order chi connectivity index (χ0) is 22.7. The average molecular weight is 437 g/mol. The van der Waals surface area contributed by atoms with Crippen LogP contribution in [-0.4, -0.2) is 58.6 Å². The number of alkyl halides is 1. The van der Waals surface area contributed by atoms with E-state index in [1.165, 1.54) is 5.69 Å². The predicted octanol–water partition coefficient (Wildman–Crippen LogP) is 4.94. The number of nitrogens with zero attached hydrogens (tertiary/aromatic N) is 4. The molecule has 0 bridgehead atoms. The lowest BCUT2D eigenvalue weighted by Gasteiger charge is -2.38. The number of carbonyl (C=O) groups is 1. The Labute approximate surface area is 189 Å². The summed E-state index contributed by atoms with van der Waals surface area (Å²) in [6.45, 7) is 9.99. The molecule has 0 atom stereocenters. The number of rotatable bonds is 8. The summed E-state index contributed by atoms with van der Waals surface area (Å²) in [6.07, 6.45) is 5.41. The molecule has 0 saturated carbocycles. The van der Waals surface area contributed by atoms with E-state index in [4.69, 9.17) is 0 Å². The fourth-order valence-corrected chi connectivity index (χ4v) is 4.52. The number of benzene rings is 1. The van der Waals surface area contributed by atoms with Crippen LogP contribution in [0.15, 0.2) is 48.8 Å². The van der Waals surface area contributed by atoms with E-state index in [-0.39, 0.29) is 5.78 Å². The number of carbonyl (C=O) groups excluding carboxylic acids is 1. The average Bonchev–Trinajstić information content (AvgIpc) is 3.17. The van der Waals surface area contributed by atoms with Crippen LogP contribution in [0.4, 0.5) is 10.1 Å². The maximum absolute atomic E-state index is 14.0. The van der Waals surface area contributed by atoms with Gasteiger partial charge in [-0.25, -0.2) is 9.37 Å². The third kappa shape index (κ3) is 5.18. The molecule has 1 aliphatic rings. The number of fused-ring (bicyclic) bond motifs is 1. The van der Waals surface area contributed by atoms with Gasteiger partial charge in [-0.05, 0) is 38.0 Å². The fraction of sp³-hybridized carbons (Fsp3) is 0.462. The van der Waals surface area contributed by atoms with Gasteiger partial charge in [0.25, 0.3) is 0 Å². The summed E-state index contributed by atoms with van der Waals surface area (Å²) in [5.74, 6) is 0.201. The van der Waals surface area contributed by atoms with Gasteiger partial charge in [0.1, 0.15) is 11.3 Å². The summed E-state index contributed by atoms with van der Waals surface area (Å²) in [5.41, 5.74) is 2.91. The maximum Gasteiger partial charge on any atom is 0.162 e. The second kappa shape index (κ2) is 9.41. The van der Waals surface area contributed by atoms with E-state index in [2.05, 4.69) is 37.7 Å². The van der Waals surface area contributed by atoms with Crippen LogP contribution >= 0.6 is 0 Å². The first kappa shape index (κ1) is 22.5. The number of hydrogen-bond donors (Lipinski definition) is 0. The lowest BCUT2D eigenvalue weighted by atomic mass is 10.1. The predicted molar refractivity (Wildman–Crippen MR) is 128 cm³/mol. The normalized spacial score (nSPS) is 15.4. The van der Waals surface area contributed by atoms with Crippen LogP contribution < -0.4 is 4.90 Å². The standard InChI is InChI=1S/C26H33FN4O/c1-4-5-24(32)21-8-6-20(7-9-21)18-31-13-11-22-23(10-12-28-25(22)31)30-16-14-29(15-17-30)19-26(2,3)27/h6-13H,4-5,14-19H2,1-3H3. The molecule has 32 heavy (non-hydrogen) atoms. The van der Waals surface area contributed by atoms with Crippen molar-refractivity contribution in [2.24, 2.45) is 0 Å². The number of pyridine rings is 1. The Morgan fingerprint density at radius 2 is 1.78 bits per heavy atom. The van der Waals surface area contributed by atoms with Crippen LogP contribution in [0, 0.1) is 0 Å². The highest BCUT2D eigenvalue weighted by molar-refractivity contribution is 5.96. The molecule has 1 saturated heterocycles. The van der Waals surface area contributed by atoms with Gasteiger partial charge in [-0.1, -0.05) is 31.2 Å². The van der Waals surface area contributed by atoms with Crippen molar-refractivity contribution in [1.82, 2.24) is 14.5 Å². The molecule has 3 heterocycles. The second-order valence-electron chi connectivity index (χ2n) is 9.36. The van der Waals surface area contributed by atoms with Crippen molar-refractivity contribution in [2.45, 2.75) is 45.8 Å². The largest absolute Gasteiger partial charge is 0.368 e. The molecule has 0 N–H and O–H groups in total. The van der Waals surface area contributed by atoms with E-state index in [0.29, 0.717) is 19.5 Å². The second-order valence-corrected chi connectivity index (χ2v) is 9.36. The van der Waals surface area contributed by atoms with Gasteiger partial charge in [0.15, 0.2) is 5.78 Å². The van der Waals surface area contributed by atoms with E-state index in [1.54, 1.807) is 13.8 Å². The molecular formula is C26H33FN4O. The highest BCUT2D eigenvalue weighted by Crippen LogP contribution is 2.28. The summed E-state index contributed by atoms with van der Waals surface area (Å²) >= 11 is 0. The Balaban J connectivity index is 1.47. The number of halogens is 1. The van der Waals surface area contributed by atoms with Crippen molar-refractivity contribution in [1.29, 1.82) is 0 Å². The minimum absolute atomic E-state index is 0.201. The summed E-state index contributed by atoms with van der Waals surface area (Å²) in [4.78, 5) is 21.3. The molecule has 0 amide bonds. The van der Waals surface area contributed by atoms with Gasteiger partial charge < -0.3 is 9.47 Å². The molecule has 1 fully saturated rings. The Morgan fingerprint density at radius 1 is 1.06 bits per heavy atom. The third-order valence-electron chi connectivity index (χ3n) is 6.06. The van der Waals surface area contributed by atoms with Crippen molar-refractivity contribution in [3.05, 3.63) is 59.9 Å². The topological polar surface area (TPSA) is 41.4 Å². The van der Waals surface area contributed by atoms with Gasteiger partial charge in [0.05, 0.1) is 0 Å². The van der Waals surface area contributed by atoms with Gasteiger partial charge in [-0.15, -0.1) is 0 Å². The van der Waals surface area contributed by atoms with Gasteiger partial charge in [0, 0.05) is 74.7 Å². The monoisotopic (exact) mass is 436 g/mol. The number of Topliss-reactive ketones (excluding diaryl/α,β-unsaturated/α-hetero) is 1. The molecule has 0 aliphatic carbocycles. The molecule has 0 unspecified atom stereocenters. The van der Waals surface area contributed by atoms with E-state index in [0.717, 1.165) is 54.8 Å². The summed E-state index contributed by atoms with van der Waals surface area (Å²) in [7, 11) is 0. The van der Waals surface area contributed by atoms with E-state index >= 15 is 0 Å². The molecule has 0 radical (unpaired) electrons. The Morgan fingerprint density at radius 3 is 2.44 bits per heavy atom. The highest BCUT2D eigenvalue weighted by Gasteiger charge is 2.25. The maximum atomic E-state index is 14.0. The van der Waals surface area contributed by atoms with Crippen molar-refractivity contribution >= 4 is 22.5 Å². The van der Waals surface area contributed by atoms with Crippen LogP contribution in [0.5, 0.6) is 0 Å². The Bertz CT molecular complexity index is 1060. The van der Waals surface area contributed by atoms with Crippen LogP contribution in [0.2, 0.25) is 0 Å². The van der Waals surface area contributed by atoms with Crippen molar-refractivity contribution in [3.63, 3.8) is 0 Å². The van der Waals surface area contributed by atoms with Gasteiger partial charge in [-0.3, -0.25) is 9.69 Å². The molecule has 170 valence electrons. The molecule has 1 aromatic carbocycles. The quantitative estimate of drug-likeness (QED) is 0.469. The molecule has 2 aromatic heterocycles. The minimum Gasteiger partial charge on any atom is -0.368 e. The number of piperazine rings is 1. The van der Waals surface area contributed by atoms with Crippen LogP contribution in [0.25, 0.3) is 11.0 Å². The summed E-state index contributed by atoms with van der Waals surface area (Å²) in [5, 5.41) is 1.14. The summed E-state index contributed by atoms with van der Waals surface area (Å²) in [6, 6.07) is 12.1. The minimum atomic E-state index is -1.16. The lowest BCUT2D eigenvalue weighted by Crippen LogP contribution is -2.49. The molecule has 5 nitrogen and oxygen atoms in total. The molecular weight excluding hydrogens is 403 g/mol. The zero-order valence-corrected chi connectivity index (χ0v) is 19.4. The number of anilines is 1. The Hall–Kier alpha value is -2.73. The van der Waals surface area contributed by atoms with Crippen LogP contribution in [0.1, 0.15) is 49.5 Å². The molecule has 0 spiro atoms. The molecule has 6 heteroatoms. The number of aromatic nitrogens is 2. The van der Waals surface area contributed by atoms with Gasteiger partial charge >= 0.3 is 0 Å². The van der Waals surface area contributed by atoms with Crippen molar-refractivity contribution in [2.75, 3.05) is 37.6 Å². The van der Waals surface area contributed by atoms with Crippen LogP contribution in [-0.2, 0) is 6.54 Å². The fourth-order valence-electron chi connectivity index (χ4n) is 4.52. The van der Waals surface area contributed by atoms with Gasteiger partial charge in [-0.2, -0.15) is 0 Å². The van der Waals surface area contributed by atoms with Crippen molar-refractivity contribution < 1.29 is 9.18 Å². The van der Waals surface area contributed by atoms with E-state index < -0.39 is 5.67 Å². The zero-order valence-electron chi connectivity index (χ0n) is 19.4. The highest BCUT2D eigenvalue weighted by atomic mass is 19.1. The molecule has 1 aliphatic heterocycles. The number of hydrogen-bond acceptors (Lipinski definition) is 4. The van der Waals surface area contributed by atoms with E-state index in [1.807, 2.05) is 37.4 Å². The third-order valence-corrected chi connectivity index (χ3v) is 6.06.